The highest BCUT2D eigenvalue weighted by Gasteiger charge is 2.13. The fourth-order valence-electron chi connectivity index (χ4n) is 1.65. The SMILES string of the molecule is CC(Nc1cc(F)cc([N+](=O)[O-])c1)c1csc(Cl)c1. The molecule has 0 bridgehead atoms. The van der Waals surface area contributed by atoms with Gasteiger partial charge >= 0.3 is 0 Å². The molecule has 7 heteroatoms. The first-order chi connectivity index (χ1) is 8.95. The number of thiophene rings is 1. The van der Waals surface area contributed by atoms with Gasteiger partial charge in [-0.3, -0.25) is 10.1 Å². The third-order valence-electron chi connectivity index (χ3n) is 2.56. The molecule has 0 saturated carbocycles. The van der Waals surface area contributed by atoms with E-state index in [-0.39, 0.29) is 11.7 Å². The summed E-state index contributed by atoms with van der Waals surface area (Å²) in [7, 11) is 0. The Morgan fingerprint density at radius 1 is 1.42 bits per heavy atom. The van der Waals surface area contributed by atoms with E-state index < -0.39 is 10.7 Å². The normalized spacial score (nSPS) is 12.2. The maximum atomic E-state index is 13.3. The van der Waals surface area contributed by atoms with Crippen LogP contribution in [-0.4, -0.2) is 4.92 Å². The zero-order valence-corrected chi connectivity index (χ0v) is 11.5. The van der Waals surface area contributed by atoms with Gasteiger partial charge in [0.05, 0.1) is 15.3 Å². The largest absolute Gasteiger partial charge is 0.378 e. The lowest BCUT2D eigenvalue weighted by molar-refractivity contribution is -0.385. The summed E-state index contributed by atoms with van der Waals surface area (Å²) >= 11 is 7.24. The lowest BCUT2D eigenvalue weighted by Gasteiger charge is -2.13. The first kappa shape index (κ1) is 13.8. The molecular weight excluding hydrogens is 291 g/mol. The monoisotopic (exact) mass is 300 g/mol. The van der Waals surface area contributed by atoms with Gasteiger partial charge in [0, 0.05) is 17.8 Å². The number of halogens is 2. The molecule has 0 aliphatic rings. The van der Waals surface area contributed by atoms with Gasteiger partial charge in [-0.1, -0.05) is 11.6 Å². The van der Waals surface area contributed by atoms with Gasteiger partial charge in [0.1, 0.15) is 5.82 Å². The Balaban J connectivity index is 2.21. The van der Waals surface area contributed by atoms with Crippen LogP contribution in [0, 0.1) is 15.9 Å². The number of nitrogens with zero attached hydrogens (tertiary/aromatic N) is 1. The van der Waals surface area contributed by atoms with Crippen molar-refractivity contribution in [3.8, 4) is 0 Å². The van der Waals surface area contributed by atoms with Crippen LogP contribution in [0.1, 0.15) is 18.5 Å². The summed E-state index contributed by atoms with van der Waals surface area (Å²) in [6, 6.07) is 5.09. The van der Waals surface area contributed by atoms with E-state index in [0.717, 1.165) is 11.6 Å². The van der Waals surface area contributed by atoms with Crippen molar-refractivity contribution in [3.63, 3.8) is 0 Å². The van der Waals surface area contributed by atoms with Gasteiger partial charge in [-0.05, 0) is 30.0 Å². The number of nitrogens with one attached hydrogen (secondary N) is 1. The molecule has 0 amide bonds. The van der Waals surface area contributed by atoms with Crippen LogP contribution < -0.4 is 5.32 Å². The molecule has 0 aliphatic carbocycles. The predicted octanol–water partition coefficient (Wildman–Crippen LogP) is 4.62. The summed E-state index contributed by atoms with van der Waals surface area (Å²) in [6.07, 6.45) is 0. The molecule has 19 heavy (non-hydrogen) atoms. The van der Waals surface area contributed by atoms with Crippen molar-refractivity contribution in [1.82, 2.24) is 0 Å². The molecule has 1 aromatic heterocycles. The van der Waals surface area contributed by atoms with Crippen LogP contribution in [0.15, 0.2) is 29.6 Å². The second-order valence-corrected chi connectivity index (χ2v) is 5.55. The Labute approximate surface area is 118 Å². The van der Waals surface area contributed by atoms with E-state index in [2.05, 4.69) is 5.32 Å². The highest BCUT2D eigenvalue weighted by atomic mass is 35.5. The van der Waals surface area contributed by atoms with E-state index in [1.807, 2.05) is 12.3 Å². The minimum atomic E-state index is -0.646. The van der Waals surface area contributed by atoms with Gasteiger partial charge in [-0.2, -0.15) is 0 Å². The number of rotatable bonds is 4. The Bertz CT molecular complexity index is 618. The molecule has 1 atom stereocenters. The fraction of sp³-hybridized carbons (Fsp3) is 0.167. The Morgan fingerprint density at radius 2 is 2.16 bits per heavy atom. The summed E-state index contributed by atoms with van der Waals surface area (Å²) in [5, 5.41) is 15.6. The van der Waals surface area contributed by atoms with Crippen molar-refractivity contribution in [2.24, 2.45) is 0 Å². The van der Waals surface area contributed by atoms with Crippen molar-refractivity contribution in [2.45, 2.75) is 13.0 Å². The third-order valence-corrected chi connectivity index (χ3v) is 3.67. The Hall–Kier alpha value is -1.66. The Kier molecular flexibility index (Phi) is 4.01. The predicted molar refractivity (Wildman–Crippen MR) is 74.4 cm³/mol. The van der Waals surface area contributed by atoms with Gasteiger partial charge in [-0.15, -0.1) is 11.3 Å². The van der Waals surface area contributed by atoms with Crippen molar-refractivity contribution in [3.05, 3.63) is 55.5 Å². The van der Waals surface area contributed by atoms with E-state index in [4.69, 9.17) is 11.6 Å². The molecule has 0 aliphatic heterocycles. The van der Waals surface area contributed by atoms with E-state index >= 15 is 0 Å². The molecule has 1 aromatic carbocycles. The summed E-state index contributed by atoms with van der Waals surface area (Å²) in [5.41, 5.74) is 1.03. The minimum Gasteiger partial charge on any atom is -0.378 e. The number of non-ortho nitro benzene ring substituents is 1. The molecule has 1 unspecified atom stereocenters. The van der Waals surface area contributed by atoms with Gasteiger partial charge in [0.15, 0.2) is 0 Å². The van der Waals surface area contributed by atoms with E-state index in [1.165, 1.54) is 23.5 Å². The Morgan fingerprint density at radius 3 is 2.74 bits per heavy atom. The molecule has 0 spiro atoms. The molecule has 0 saturated heterocycles. The summed E-state index contributed by atoms with van der Waals surface area (Å²) in [4.78, 5) is 10.0. The molecule has 1 heterocycles. The van der Waals surface area contributed by atoms with Crippen molar-refractivity contribution in [1.29, 1.82) is 0 Å². The molecule has 4 nitrogen and oxygen atoms in total. The van der Waals surface area contributed by atoms with Gasteiger partial charge < -0.3 is 5.32 Å². The molecule has 0 radical (unpaired) electrons. The summed E-state index contributed by atoms with van der Waals surface area (Å²) in [5.74, 6) is -0.646. The molecule has 2 rings (SSSR count). The quantitative estimate of drug-likeness (QED) is 0.662. The number of nitro groups is 1. The standard InChI is InChI=1S/C12H10ClFN2O2S/c1-7(8-2-12(13)19-6-8)15-10-3-9(14)4-11(5-10)16(17)18/h2-7,15H,1H3. The summed E-state index contributed by atoms with van der Waals surface area (Å²) < 4.78 is 13.9. The van der Waals surface area contributed by atoms with Crippen LogP contribution in [0.4, 0.5) is 15.8 Å². The second-order valence-electron chi connectivity index (χ2n) is 4.01. The highest BCUT2D eigenvalue weighted by Crippen LogP contribution is 2.28. The summed E-state index contributed by atoms with van der Waals surface area (Å²) in [6.45, 7) is 1.87. The van der Waals surface area contributed by atoms with Crippen LogP contribution in [0.3, 0.4) is 0 Å². The number of anilines is 1. The lowest BCUT2D eigenvalue weighted by atomic mass is 10.1. The molecular formula is C12H10ClFN2O2S. The van der Waals surface area contributed by atoms with Crippen LogP contribution in [0.5, 0.6) is 0 Å². The van der Waals surface area contributed by atoms with E-state index in [0.29, 0.717) is 10.0 Å². The molecule has 0 fully saturated rings. The third kappa shape index (κ3) is 3.42. The first-order valence-electron chi connectivity index (χ1n) is 5.41. The minimum absolute atomic E-state index is 0.120. The average Bonchev–Trinajstić information content (AvgIpc) is 2.75. The number of benzene rings is 1. The highest BCUT2D eigenvalue weighted by molar-refractivity contribution is 7.14. The van der Waals surface area contributed by atoms with Crippen LogP contribution in [-0.2, 0) is 0 Å². The number of nitro benzene ring substituents is 1. The maximum absolute atomic E-state index is 13.3. The zero-order chi connectivity index (χ0) is 14.0. The van der Waals surface area contributed by atoms with Crippen molar-refractivity contribution in [2.75, 3.05) is 5.32 Å². The van der Waals surface area contributed by atoms with Gasteiger partial charge in [0.25, 0.3) is 5.69 Å². The zero-order valence-electron chi connectivity index (χ0n) is 9.89. The maximum Gasteiger partial charge on any atom is 0.274 e. The first-order valence-corrected chi connectivity index (χ1v) is 6.67. The number of hydrogen-bond acceptors (Lipinski definition) is 4. The smallest absolute Gasteiger partial charge is 0.274 e. The van der Waals surface area contributed by atoms with Gasteiger partial charge in [-0.25, -0.2) is 4.39 Å². The molecule has 1 N–H and O–H groups in total. The van der Waals surface area contributed by atoms with Gasteiger partial charge in [0.2, 0.25) is 0 Å². The van der Waals surface area contributed by atoms with E-state index in [9.17, 15) is 14.5 Å². The van der Waals surface area contributed by atoms with Crippen molar-refractivity contribution >= 4 is 34.3 Å². The topological polar surface area (TPSA) is 55.2 Å². The molecule has 100 valence electrons. The van der Waals surface area contributed by atoms with E-state index in [1.54, 1.807) is 6.07 Å². The van der Waals surface area contributed by atoms with Crippen LogP contribution in [0.25, 0.3) is 0 Å². The lowest BCUT2D eigenvalue weighted by Crippen LogP contribution is -2.06. The van der Waals surface area contributed by atoms with Crippen LogP contribution >= 0.6 is 22.9 Å². The average molecular weight is 301 g/mol. The number of hydrogen-bond donors (Lipinski definition) is 1. The fourth-order valence-corrected chi connectivity index (χ4v) is 2.63. The van der Waals surface area contributed by atoms with Crippen molar-refractivity contribution < 1.29 is 9.31 Å². The second kappa shape index (κ2) is 5.54. The van der Waals surface area contributed by atoms with Crippen LogP contribution in [0.2, 0.25) is 4.34 Å². The molecule has 2 aromatic rings.